The largest absolute Gasteiger partial charge is 0.375 e. The lowest BCUT2D eigenvalue weighted by molar-refractivity contribution is 0.0465. The van der Waals surface area contributed by atoms with Crippen molar-refractivity contribution in [3.8, 4) is 0 Å². The summed E-state index contributed by atoms with van der Waals surface area (Å²) in [6.07, 6.45) is 5.95. The van der Waals surface area contributed by atoms with E-state index < -0.39 is 0 Å². The van der Waals surface area contributed by atoms with Gasteiger partial charge in [0.2, 0.25) is 0 Å². The van der Waals surface area contributed by atoms with Crippen molar-refractivity contribution in [3.63, 3.8) is 0 Å². The molecule has 1 aliphatic heterocycles. The molecule has 0 saturated carbocycles. The zero-order chi connectivity index (χ0) is 14.4. The van der Waals surface area contributed by atoms with Crippen LogP contribution >= 0.6 is 0 Å². The van der Waals surface area contributed by atoms with Gasteiger partial charge in [0.1, 0.15) is 0 Å². The van der Waals surface area contributed by atoms with Crippen LogP contribution in [0.5, 0.6) is 0 Å². The molecule has 1 saturated heterocycles. The minimum atomic E-state index is 0.396. The fourth-order valence-electron chi connectivity index (χ4n) is 3.74. The molecule has 6 atom stereocenters. The van der Waals surface area contributed by atoms with Gasteiger partial charge in [-0.1, -0.05) is 40.5 Å². The summed E-state index contributed by atoms with van der Waals surface area (Å²) >= 11 is 0. The van der Waals surface area contributed by atoms with Crippen LogP contribution in [0.25, 0.3) is 0 Å². The highest BCUT2D eigenvalue weighted by molar-refractivity contribution is 4.92. The Morgan fingerprint density at radius 3 is 2.21 bits per heavy atom. The van der Waals surface area contributed by atoms with Crippen LogP contribution in [0.15, 0.2) is 0 Å². The van der Waals surface area contributed by atoms with Gasteiger partial charge in [0.25, 0.3) is 0 Å². The van der Waals surface area contributed by atoms with Gasteiger partial charge in [-0.3, -0.25) is 0 Å². The number of rotatable bonds is 8. The summed E-state index contributed by atoms with van der Waals surface area (Å²) in [6, 6.07) is 0.622. The van der Waals surface area contributed by atoms with Gasteiger partial charge in [-0.15, -0.1) is 0 Å². The lowest BCUT2D eigenvalue weighted by Crippen LogP contribution is -2.43. The summed E-state index contributed by atoms with van der Waals surface area (Å²) < 4.78 is 6.05. The fourth-order valence-corrected chi connectivity index (χ4v) is 3.74. The molecule has 2 nitrogen and oxygen atoms in total. The highest BCUT2D eigenvalue weighted by atomic mass is 16.5. The van der Waals surface area contributed by atoms with Crippen molar-refractivity contribution in [2.75, 3.05) is 6.54 Å². The summed E-state index contributed by atoms with van der Waals surface area (Å²) in [5, 5.41) is 3.80. The third-order valence-electron chi connectivity index (χ3n) is 4.88. The van der Waals surface area contributed by atoms with Crippen LogP contribution < -0.4 is 5.32 Å². The fraction of sp³-hybridized carbons (Fsp3) is 1.00. The predicted molar refractivity (Wildman–Crippen MR) is 83.4 cm³/mol. The van der Waals surface area contributed by atoms with Gasteiger partial charge in [0.15, 0.2) is 0 Å². The Balaban J connectivity index is 2.66. The van der Waals surface area contributed by atoms with Gasteiger partial charge in [0, 0.05) is 12.0 Å². The van der Waals surface area contributed by atoms with Crippen molar-refractivity contribution in [1.29, 1.82) is 0 Å². The molecule has 2 heteroatoms. The lowest BCUT2D eigenvalue weighted by Gasteiger charge is -2.32. The Bertz CT molecular complexity index is 243. The molecule has 1 aliphatic rings. The molecule has 1 N–H and O–H groups in total. The van der Waals surface area contributed by atoms with E-state index in [1.54, 1.807) is 0 Å². The van der Waals surface area contributed by atoms with Crippen molar-refractivity contribution in [3.05, 3.63) is 0 Å². The standard InChI is InChI=1S/C17H35NO/c1-7-9-12(3)11-16(18-10-8-2)17-13(4)14(5)19-15(17)6/h12-18H,7-11H2,1-6H3. The zero-order valence-corrected chi connectivity index (χ0v) is 13.9. The van der Waals surface area contributed by atoms with E-state index in [0.29, 0.717) is 30.1 Å². The van der Waals surface area contributed by atoms with E-state index >= 15 is 0 Å². The van der Waals surface area contributed by atoms with Crippen LogP contribution in [-0.4, -0.2) is 24.8 Å². The van der Waals surface area contributed by atoms with E-state index in [1.807, 2.05) is 0 Å². The van der Waals surface area contributed by atoms with Crippen molar-refractivity contribution >= 4 is 0 Å². The minimum absolute atomic E-state index is 0.396. The van der Waals surface area contributed by atoms with E-state index in [9.17, 15) is 0 Å². The first-order chi connectivity index (χ1) is 9.01. The van der Waals surface area contributed by atoms with Crippen molar-refractivity contribution < 1.29 is 4.74 Å². The Labute approximate surface area is 120 Å². The summed E-state index contributed by atoms with van der Waals surface area (Å²) in [5.41, 5.74) is 0. The number of ether oxygens (including phenoxy) is 1. The van der Waals surface area contributed by atoms with Crippen LogP contribution in [0.4, 0.5) is 0 Å². The average Bonchev–Trinajstić information content (AvgIpc) is 2.59. The van der Waals surface area contributed by atoms with Gasteiger partial charge < -0.3 is 10.1 Å². The van der Waals surface area contributed by atoms with Crippen LogP contribution in [0.2, 0.25) is 0 Å². The van der Waals surface area contributed by atoms with E-state index in [-0.39, 0.29) is 0 Å². The third kappa shape index (κ3) is 4.75. The molecule has 1 rings (SSSR count). The summed E-state index contributed by atoms with van der Waals surface area (Å²) in [4.78, 5) is 0. The minimum Gasteiger partial charge on any atom is -0.375 e. The molecule has 0 amide bonds. The highest BCUT2D eigenvalue weighted by Crippen LogP contribution is 2.36. The van der Waals surface area contributed by atoms with Gasteiger partial charge in [-0.25, -0.2) is 0 Å². The normalized spacial score (nSPS) is 34.4. The topological polar surface area (TPSA) is 21.3 Å². The molecule has 114 valence electrons. The molecule has 19 heavy (non-hydrogen) atoms. The number of nitrogens with one attached hydrogen (secondary N) is 1. The number of hydrogen-bond acceptors (Lipinski definition) is 2. The van der Waals surface area contributed by atoms with Crippen molar-refractivity contribution in [2.45, 2.75) is 85.5 Å². The van der Waals surface area contributed by atoms with E-state index in [1.165, 1.54) is 25.7 Å². The second-order valence-electron chi connectivity index (χ2n) is 6.67. The SMILES string of the molecule is CCCNC(CC(C)CCC)C1C(C)OC(C)C1C. The van der Waals surface area contributed by atoms with E-state index in [0.717, 1.165) is 12.5 Å². The summed E-state index contributed by atoms with van der Waals surface area (Å²) in [5.74, 6) is 2.15. The van der Waals surface area contributed by atoms with Crippen molar-refractivity contribution in [2.24, 2.45) is 17.8 Å². The van der Waals surface area contributed by atoms with Gasteiger partial charge in [0.05, 0.1) is 12.2 Å². The second-order valence-corrected chi connectivity index (χ2v) is 6.67. The smallest absolute Gasteiger partial charge is 0.0597 e. The summed E-state index contributed by atoms with van der Waals surface area (Å²) in [6.45, 7) is 14.9. The molecule has 0 aliphatic carbocycles. The first-order valence-corrected chi connectivity index (χ1v) is 8.40. The lowest BCUT2D eigenvalue weighted by atomic mass is 9.79. The molecule has 0 radical (unpaired) electrons. The first-order valence-electron chi connectivity index (χ1n) is 8.40. The number of hydrogen-bond donors (Lipinski definition) is 1. The maximum atomic E-state index is 6.05. The second kappa shape index (κ2) is 8.26. The maximum Gasteiger partial charge on any atom is 0.0597 e. The quantitative estimate of drug-likeness (QED) is 0.711. The third-order valence-corrected chi connectivity index (χ3v) is 4.88. The Hall–Kier alpha value is -0.0800. The molecule has 0 spiro atoms. The van der Waals surface area contributed by atoms with Crippen molar-refractivity contribution in [1.82, 2.24) is 5.32 Å². The molecule has 0 aromatic heterocycles. The van der Waals surface area contributed by atoms with Crippen LogP contribution in [0.1, 0.15) is 67.2 Å². The predicted octanol–water partition coefficient (Wildman–Crippen LogP) is 4.24. The van der Waals surface area contributed by atoms with Gasteiger partial charge >= 0.3 is 0 Å². The van der Waals surface area contributed by atoms with Crippen LogP contribution in [0, 0.1) is 17.8 Å². The zero-order valence-electron chi connectivity index (χ0n) is 13.9. The average molecular weight is 269 g/mol. The molecule has 1 heterocycles. The Morgan fingerprint density at radius 2 is 1.74 bits per heavy atom. The van der Waals surface area contributed by atoms with Crippen LogP contribution in [-0.2, 0) is 4.74 Å². The molecule has 6 unspecified atom stereocenters. The maximum absolute atomic E-state index is 6.05. The Kier molecular flexibility index (Phi) is 7.38. The molecule has 0 bridgehead atoms. The Morgan fingerprint density at radius 1 is 1.05 bits per heavy atom. The van der Waals surface area contributed by atoms with E-state index in [2.05, 4.69) is 46.9 Å². The highest BCUT2D eigenvalue weighted by Gasteiger charge is 2.41. The van der Waals surface area contributed by atoms with Crippen LogP contribution in [0.3, 0.4) is 0 Å². The summed E-state index contributed by atoms with van der Waals surface area (Å²) in [7, 11) is 0. The monoisotopic (exact) mass is 269 g/mol. The molecule has 0 aromatic carbocycles. The van der Waals surface area contributed by atoms with E-state index in [4.69, 9.17) is 4.74 Å². The molecular formula is C17H35NO. The molecule has 0 aromatic rings. The molecular weight excluding hydrogens is 234 g/mol. The van der Waals surface area contributed by atoms with Gasteiger partial charge in [-0.05, 0) is 45.1 Å². The van der Waals surface area contributed by atoms with Gasteiger partial charge in [-0.2, -0.15) is 0 Å². The molecule has 1 fully saturated rings. The first kappa shape index (κ1) is 17.0.